The molecule has 0 spiro atoms. The van der Waals surface area contributed by atoms with Gasteiger partial charge < -0.3 is 10.1 Å². The fourth-order valence-electron chi connectivity index (χ4n) is 1.38. The molecule has 1 aromatic rings. The molecule has 0 unspecified atom stereocenters. The maximum Gasteiger partial charge on any atom is 0.127 e. The lowest BCUT2D eigenvalue weighted by Gasteiger charge is -2.23. The van der Waals surface area contributed by atoms with Crippen molar-refractivity contribution in [3.05, 3.63) is 23.5 Å². The maximum atomic E-state index is 5.93. The van der Waals surface area contributed by atoms with E-state index in [9.17, 15) is 0 Å². The Kier molecular flexibility index (Phi) is 4.30. The highest BCUT2D eigenvalue weighted by Crippen LogP contribution is 2.23. The molecule has 1 aromatic heterocycles. The van der Waals surface area contributed by atoms with Gasteiger partial charge in [-0.1, -0.05) is 6.92 Å². The van der Waals surface area contributed by atoms with Crippen molar-refractivity contribution in [1.29, 1.82) is 0 Å². The molecule has 0 aliphatic rings. The van der Waals surface area contributed by atoms with Gasteiger partial charge >= 0.3 is 0 Å². The van der Waals surface area contributed by atoms with Gasteiger partial charge in [-0.3, -0.25) is 4.98 Å². The van der Waals surface area contributed by atoms with Gasteiger partial charge in [0.05, 0.1) is 0 Å². The van der Waals surface area contributed by atoms with Gasteiger partial charge in [-0.15, -0.1) is 0 Å². The third kappa shape index (κ3) is 4.19. The van der Waals surface area contributed by atoms with Crippen LogP contribution in [0.5, 0.6) is 5.75 Å². The van der Waals surface area contributed by atoms with Crippen LogP contribution in [0.1, 0.15) is 39.0 Å². The number of hydrogen-bond acceptors (Lipinski definition) is 3. The molecule has 0 amide bonds. The summed E-state index contributed by atoms with van der Waals surface area (Å²) in [5.41, 5.74) is 1.93. The molecular formula is C13H22N2O. The molecule has 0 saturated carbocycles. The van der Waals surface area contributed by atoms with E-state index in [-0.39, 0.29) is 5.60 Å². The van der Waals surface area contributed by atoms with Crippen LogP contribution in [0.3, 0.4) is 0 Å². The van der Waals surface area contributed by atoms with E-state index in [1.54, 1.807) is 0 Å². The summed E-state index contributed by atoms with van der Waals surface area (Å²) >= 11 is 0. The SMILES string of the molecule is CCNCc1cnc(C)cc1OC(C)(C)C. The molecule has 0 atom stereocenters. The minimum Gasteiger partial charge on any atom is -0.488 e. The Morgan fingerprint density at radius 2 is 2.06 bits per heavy atom. The first-order valence-electron chi connectivity index (χ1n) is 5.77. The molecule has 0 aliphatic heterocycles. The number of nitrogens with zero attached hydrogens (tertiary/aromatic N) is 1. The normalized spacial score (nSPS) is 11.6. The molecule has 3 nitrogen and oxygen atoms in total. The van der Waals surface area contributed by atoms with Crippen molar-refractivity contribution < 1.29 is 4.74 Å². The van der Waals surface area contributed by atoms with Crippen LogP contribution in [0.4, 0.5) is 0 Å². The highest BCUT2D eigenvalue weighted by atomic mass is 16.5. The number of pyridine rings is 1. The van der Waals surface area contributed by atoms with E-state index in [0.717, 1.165) is 30.1 Å². The fourth-order valence-corrected chi connectivity index (χ4v) is 1.38. The van der Waals surface area contributed by atoms with Crippen LogP contribution in [0.25, 0.3) is 0 Å². The zero-order chi connectivity index (χ0) is 12.2. The van der Waals surface area contributed by atoms with Crippen LogP contribution in [0.2, 0.25) is 0 Å². The van der Waals surface area contributed by atoms with E-state index >= 15 is 0 Å². The minimum atomic E-state index is -0.172. The summed E-state index contributed by atoms with van der Waals surface area (Å²) in [6.45, 7) is 12.0. The molecule has 0 bridgehead atoms. The quantitative estimate of drug-likeness (QED) is 0.850. The van der Waals surface area contributed by atoms with E-state index in [0.29, 0.717) is 0 Å². The van der Waals surface area contributed by atoms with E-state index in [1.165, 1.54) is 0 Å². The first kappa shape index (κ1) is 13.0. The molecule has 90 valence electrons. The topological polar surface area (TPSA) is 34.2 Å². The first-order chi connectivity index (χ1) is 7.42. The number of nitrogens with one attached hydrogen (secondary N) is 1. The Balaban J connectivity index is 2.89. The molecule has 1 heterocycles. The maximum absolute atomic E-state index is 5.93. The average Bonchev–Trinajstić information content (AvgIpc) is 2.14. The molecular weight excluding hydrogens is 200 g/mol. The Morgan fingerprint density at radius 1 is 1.38 bits per heavy atom. The lowest BCUT2D eigenvalue weighted by Crippen LogP contribution is -2.24. The molecule has 16 heavy (non-hydrogen) atoms. The number of aryl methyl sites for hydroxylation is 1. The molecule has 0 radical (unpaired) electrons. The van der Waals surface area contributed by atoms with Gasteiger partial charge in [-0.25, -0.2) is 0 Å². The van der Waals surface area contributed by atoms with E-state index < -0.39 is 0 Å². The minimum absolute atomic E-state index is 0.172. The summed E-state index contributed by atoms with van der Waals surface area (Å²) in [6.07, 6.45) is 1.89. The van der Waals surface area contributed by atoms with Crippen molar-refractivity contribution in [2.24, 2.45) is 0 Å². The lowest BCUT2D eigenvalue weighted by atomic mass is 10.1. The third-order valence-corrected chi connectivity index (χ3v) is 2.06. The van der Waals surface area contributed by atoms with Crippen molar-refractivity contribution in [1.82, 2.24) is 10.3 Å². The Morgan fingerprint density at radius 3 is 2.62 bits per heavy atom. The van der Waals surface area contributed by atoms with Gasteiger partial charge in [0.1, 0.15) is 11.4 Å². The van der Waals surface area contributed by atoms with Crippen LogP contribution in [0.15, 0.2) is 12.3 Å². The van der Waals surface area contributed by atoms with Crippen molar-refractivity contribution in [3.8, 4) is 5.75 Å². The van der Waals surface area contributed by atoms with Gasteiger partial charge in [0.25, 0.3) is 0 Å². The Bertz CT molecular complexity index is 342. The monoisotopic (exact) mass is 222 g/mol. The molecule has 1 N–H and O–H groups in total. The first-order valence-corrected chi connectivity index (χ1v) is 5.77. The smallest absolute Gasteiger partial charge is 0.127 e. The third-order valence-electron chi connectivity index (χ3n) is 2.06. The largest absolute Gasteiger partial charge is 0.488 e. The molecule has 1 rings (SSSR count). The summed E-state index contributed by atoms with van der Waals surface area (Å²) in [7, 11) is 0. The van der Waals surface area contributed by atoms with Crippen LogP contribution >= 0.6 is 0 Å². The van der Waals surface area contributed by atoms with Crippen molar-refractivity contribution in [2.45, 2.75) is 46.8 Å². The number of aromatic nitrogens is 1. The number of rotatable bonds is 4. The van der Waals surface area contributed by atoms with Gasteiger partial charge in [0, 0.05) is 30.1 Å². The second kappa shape index (κ2) is 5.30. The predicted molar refractivity (Wildman–Crippen MR) is 66.7 cm³/mol. The number of hydrogen-bond donors (Lipinski definition) is 1. The van der Waals surface area contributed by atoms with Gasteiger partial charge in [0.2, 0.25) is 0 Å². The van der Waals surface area contributed by atoms with Crippen LogP contribution in [-0.4, -0.2) is 17.1 Å². The standard InChI is InChI=1S/C13H22N2O/c1-6-14-8-11-9-15-10(2)7-12(11)16-13(3,4)5/h7,9,14H,6,8H2,1-5H3. The highest BCUT2D eigenvalue weighted by molar-refractivity contribution is 5.33. The predicted octanol–water partition coefficient (Wildman–Crippen LogP) is 2.68. The van der Waals surface area contributed by atoms with E-state index in [4.69, 9.17) is 4.74 Å². The van der Waals surface area contributed by atoms with Crippen molar-refractivity contribution >= 4 is 0 Å². The molecule has 0 aromatic carbocycles. The van der Waals surface area contributed by atoms with Crippen molar-refractivity contribution in [3.63, 3.8) is 0 Å². The average molecular weight is 222 g/mol. The highest BCUT2D eigenvalue weighted by Gasteiger charge is 2.14. The van der Waals surface area contributed by atoms with Crippen molar-refractivity contribution in [2.75, 3.05) is 6.54 Å². The second-order valence-corrected chi connectivity index (χ2v) is 4.93. The molecule has 0 aliphatic carbocycles. The van der Waals surface area contributed by atoms with Crippen LogP contribution in [-0.2, 0) is 6.54 Å². The zero-order valence-corrected chi connectivity index (χ0v) is 10.9. The molecule has 0 fully saturated rings. The molecule has 3 heteroatoms. The van der Waals surface area contributed by atoms with E-state index in [2.05, 4.69) is 38.0 Å². The summed E-state index contributed by atoms with van der Waals surface area (Å²) in [5, 5.41) is 3.29. The fraction of sp³-hybridized carbons (Fsp3) is 0.615. The summed E-state index contributed by atoms with van der Waals surface area (Å²) in [5.74, 6) is 0.931. The van der Waals surface area contributed by atoms with E-state index in [1.807, 2.05) is 19.2 Å². The second-order valence-electron chi connectivity index (χ2n) is 4.93. The van der Waals surface area contributed by atoms with Gasteiger partial charge in [0.15, 0.2) is 0 Å². The zero-order valence-electron chi connectivity index (χ0n) is 10.9. The van der Waals surface area contributed by atoms with Gasteiger partial charge in [-0.05, 0) is 34.2 Å². The van der Waals surface area contributed by atoms with Gasteiger partial charge in [-0.2, -0.15) is 0 Å². The van der Waals surface area contributed by atoms with Crippen LogP contribution in [0, 0.1) is 6.92 Å². The Labute approximate surface area is 98.2 Å². The lowest BCUT2D eigenvalue weighted by molar-refractivity contribution is 0.129. The number of ether oxygens (including phenoxy) is 1. The summed E-state index contributed by atoms with van der Waals surface area (Å²) < 4.78 is 5.93. The summed E-state index contributed by atoms with van der Waals surface area (Å²) in [4.78, 5) is 4.30. The summed E-state index contributed by atoms with van der Waals surface area (Å²) in [6, 6.07) is 2.00. The molecule has 0 saturated heterocycles. The van der Waals surface area contributed by atoms with Crippen LogP contribution < -0.4 is 10.1 Å². The Hall–Kier alpha value is -1.09.